The van der Waals surface area contributed by atoms with Crippen molar-refractivity contribution in [2.24, 2.45) is 20.7 Å². The standard InChI is InChI=1S/C25H21N10O/c26-31-30-25(36)18-5-9-20(10-6-18)35(16-27-32-33-35)21-11-12-22-23(15-21)29-24(28-22)17-3-7-19(8-4-17)34-13-1-2-14-34/h3-12,15-16H,1-2,13-14H2,(H,28,29)/q+1. The van der Waals surface area contributed by atoms with Gasteiger partial charge in [-0.2, -0.15) is 0 Å². The number of benzene rings is 3. The van der Waals surface area contributed by atoms with Crippen LogP contribution in [0.25, 0.3) is 32.9 Å². The van der Waals surface area contributed by atoms with Crippen LogP contribution in [0.3, 0.4) is 0 Å². The van der Waals surface area contributed by atoms with Gasteiger partial charge in [0, 0.05) is 64.3 Å². The van der Waals surface area contributed by atoms with E-state index in [1.54, 1.807) is 30.6 Å². The second-order valence-corrected chi connectivity index (χ2v) is 8.66. The van der Waals surface area contributed by atoms with Crippen molar-refractivity contribution in [3.8, 4) is 11.4 Å². The number of aromatic amines is 1. The third kappa shape index (κ3) is 3.68. The lowest BCUT2D eigenvalue weighted by molar-refractivity contribution is 0.100. The first-order chi connectivity index (χ1) is 17.7. The van der Waals surface area contributed by atoms with Crippen molar-refractivity contribution < 1.29 is 4.79 Å². The lowest BCUT2D eigenvalue weighted by Gasteiger charge is -2.21. The molecule has 2 aliphatic heterocycles. The minimum atomic E-state index is -0.646. The third-order valence-corrected chi connectivity index (χ3v) is 6.57. The van der Waals surface area contributed by atoms with Crippen molar-refractivity contribution in [1.82, 2.24) is 14.6 Å². The molecule has 1 N–H and O–H groups in total. The van der Waals surface area contributed by atoms with E-state index in [-0.39, 0.29) is 10.2 Å². The summed E-state index contributed by atoms with van der Waals surface area (Å²) in [6, 6.07) is 21.0. The van der Waals surface area contributed by atoms with Gasteiger partial charge in [0.15, 0.2) is 11.4 Å². The SMILES string of the molecule is [N-]=[N+]=NC(=O)c1ccc([N+]2(c3ccc4nc(-c5ccc(N6CCCC6)cc5)[nH]c4c3)C=NN=N2)cc1. The number of hydrogen-bond donors (Lipinski definition) is 1. The molecule has 176 valence electrons. The van der Waals surface area contributed by atoms with E-state index >= 15 is 0 Å². The van der Waals surface area contributed by atoms with E-state index in [1.165, 1.54) is 18.5 Å². The second kappa shape index (κ2) is 8.73. The summed E-state index contributed by atoms with van der Waals surface area (Å²) in [5.74, 6) is 0.145. The van der Waals surface area contributed by atoms with Gasteiger partial charge in [-0.3, -0.25) is 4.79 Å². The highest BCUT2D eigenvalue weighted by molar-refractivity contribution is 5.96. The van der Waals surface area contributed by atoms with Gasteiger partial charge < -0.3 is 9.88 Å². The van der Waals surface area contributed by atoms with Crippen LogP contribution in [0, 0.1) is 0 Å². The molecule has 11 heteroatoms. The quantitative estimate of drug-likeness (QED) is 0.158. The number of nitrogens with zero attached hydrogens (tertiary/aromatic N) is 9. The molecule has 11 nitrogen and oxygen atoms in total. The third-order valence-electron chi connectivity index (χ3n) is 6.57. The summed E-state index contributed by atoms with van der Waals surface area (Å²) in [6.45, 7) is 2.22. The molecule has 1 unspecified atom stereocenters. The Morgan fingerprint density at radius 2 is 1.75 bits per heavy atom. The number of aromatic nitrogens is 2. The predicted octanol–water partition coefficient (Wildman–Crippen LogP) is 6.24. The largest absolute Gasteiger partial charge is 0.372 e. The van der Waals surface area contributed by atoms with Crippen LogP contribution in [0.2, 0.25) is 0 Å². The molecule has 3 heterocycles. The number of hydrogen-bond acceptors (Lipinski definition) is 6. The Morgan fingerprint density at radius 1 is 1.00 bits per heavy atom. The van der Waals surface area contributed by atoms with Crippen molar-refractivity contribution >= 4 is 40.3 Å². The van der Waals surface area contributed by atoms with Gasteiger partial charge in [-0.1, -0.05) is 9.69 Å². The lowest BCUT2D eigenvalue weighted by atomic mass is 10.1. The Bertz CT molecular complexity index is 1540. The second-order valence-electron chi connectivity index (χ2n) is 8.66. The van der Waals surface area contributed by atoms with Crippen LogP contribution in [0.15, 0.2) is 87.4 Å². The van der Waals surface area contributed by atoms with Crippen molar-refractivity contribution in [2.75, 3.05) is 18.0 Å². The molecule has 0 radical (unpaired) electrons. The molecule has 0 spiro atoms. The zero-order chi connectivity index (χ0) is 24.5. The van der Waals surface area contributed by atoms with Gasteiger partial charge in [-0.25, -0.2) is 4.98 Å². The fraction of sp³-hybridized carbons (Fsp3) is 0.160. The number of azide groups is 1. The van der Waals surface area contributed by atoms with Crippen LogP contribution in [0.1, 0.15) is 23.2 Å². The van der Waals surface area contributed by atoms with E-state index in [9.17, 15) is 4.79 Å². The molecule has 1 atom stereocenters. The van der Waals surface area contributed by atoms with E-state index in [4.69, 9.17) is 10.5 Å². The zero-order valence-corrected chi connectivity index (χ0v) is 19.2. The monoisotopic (exact) mass is 477 g/mol. The molecule has 1 aromatic heterocycles. The molecule has 1 fully saturated rings. The summed E-state index contributed by atoms with van der Waals surface area (Å²) < 4.78 is -0.106. The number of rotatable bonds is 5. The van der Waals surface area contributed by atoms with E-state index in [0.717, 1.165) is 41.2 Å². The number of imidazole rings is 1. The highest BCUT2D eigenvalue weighted by atomic mass is 16.1. The molecule has 0 aliphatic carbocycles. The van der Waals surface area contributed by atoms with Crippen LogP contribution in [0.5, 0.6) is 0 Å². The van der Waals surface area contributed by atoms with Crippen LogP contribution < -0.4 is 9.49 Å². The van der Waals surface area contributed by atoms with Gasteiger partial charge in [-0.15, -0.1) is 0 Å². The smallest absolute Gasteiger partial charge is 0.250 e. The number of carbonyl (C=O) groups is 1. The van der Waals surface area contributed by atoms with Crippen molar-refractivity contribution in [3.63, 3.8) is 0 Å². The number of carbonyl (C=O) groups excluding carboxylic acids is 1. The van der Waals surface area contributed by atoms with Crippen molar-refractivity contribution in [3.05, 3.63) is 82.7 Å². The van der Waals surface area contributed by atoms with Crippen molar-refractivity contribution in [1.29, 1.82) is 0 Å². The molecule has 4 aromatic rings. The summed E-state index contributed by atoms with van der Waals surface area (Å²) in [4.78, 5) is 25.0. The van der Waals surface area contributed by atoms with E-state index in [1.807, 2.05) is 18.2 Å². The van der Waals surface area contributed by atoms with E-state index in [0.29, 0.717) is 5.69 Å². The highest BCUT2D eigenvalue weighted by Gasteiger charge is 2.37. The number of quaternary nitrogens is 1. The number of amides is 1. The van der Waals surface area contributed by atoms with Crippen LogP contribution >= 0.6 is 0 Å². The molecule has 6 rings (SSSR count). The van der Waals surface area contributed by atoms with E-state index < -0.39 is 5.91 Å². The topological polar surface area (TPSA) is 135 Å². The highest BCUT2D eigenvalue weighted by Crippen LogP contribution is 2.38. The Balaban J connectivity index is 1.33. The number of anilines is 1. The van der Waals surface area contributed by atoms with Gasteiger partial charge >= 0.3 is 0 Å². The normalized spacial score (nSPS) is 18.6. The van der Waals surface area contributed by atoms with Gasteiger partial charge in [0.25, 0.3) is 0 Å². The first kappa shape index (κ1) is 21.7. The average molecular weight is 478 g/mol. The summed E-state index contributed by atoms with van der Waals surface area (Å²) in [6.07, 6.45) is 4.10. The minimum Gasteiger partial charge on any atom is -0.372 e. The fourth-order valence-electron chi connectivity index (χ4n) is 4.67. The Labute approximate surface area is 205 Å². The maximum atomic E-state index is 11.9. The molecule has 2 aliphatic rings. The summed E-state index contributed by atoms with van der Waals surface area (Å²) >= 11 is 0. The molecular formula is C25H21N10O+. The number of H-pyrrole nitrogens is 1. The Morgan fingerprint density at radius 3 is 2.44 bits per heavy atom. The average Bonchev–Trinajstić information content (AvgIpc) is 3.70. The van der Waals surface area contributed by atoms with Crippen LogP contribution in [0.4, 0.5) is 17.1 Å². The first-order valence-electron chi connectivity index (χ1n) is 11.6. The molecule has 0 bridgehead atoms. The summed E-state index contributed by atoms with van der Waals surface area (Å²) in [5.41, 5.74) is 14.3. The maximum absolute atomic E-state index is 11.9. The van der Waals surface area contributed by atoms with E-state index in [2.05, 4.69) is 59.7 Å². The molecular weight excluding hydrogens is 456 g/mol. The zero-order valence-electron chi connectivity index (χ0n) is 19.2. The van der Waals surface area contributed by atoms with Gasteiger partial charge in [0.05, 0.1) is 16.3 Å². The molecule has 36 heavy (non-hydrogen) atoms. The molecule has 0 saturated carbocycles. The van der Waals surface area contributed by atoms with Crippen LogP contribution in [-0.4, -0.2) is 35.3 Å². The van der Waals surface area contributed by atoms with Gasteiger partial charge in [-0.05, 0) is 66.0 Å². The Kier molecular flexibility index (Phi) is 5.25. The lowest BCUT2D eigenvalue weighted by Crippen LogP contribution is -2.34. The summed E-state index contributed by atoms with van der Waals surface area (Å²) in [7, 11) is 0. The minimum absolute atomic E-state index is 0.106. The predicted molar refractivity (Wildman–Crippen MR) is 138 cm³/mol. The fourth-order valence-corrected chi connectivity index (χ4v) is 4.67. The summed E-state index contributed by atoms with van der Waals surface area (Å²) in [5, 5.41) is 15.4. The number of nitrogens with one attached hydrogen (secondary N) is 1. The molecule has 1 amide bonds. The van der Waals surface area contributed by atoms with Gasteiger partial charge in [0.1, 0.15) is 5.82 Å². The van der Waals surface area contributed by atoms with Gasteiger partial charge in [0.2, 0.25) is 12.2 Å². The van der Waals surface area contributed by atoms with Crippen LogP contribution in [-0.2, 0) is 0 Å². The molecule has 1 saturated heterocycles. The number of fused-ring (bicyclic) bond motifs is 1. The first-order valence-corrected chi connectivity index (χ1v) is 11.6. The van der Waals surface area contributed by atoms with Crippen molar-refractivity contribution in [2.45, 2.75) is 12.8 Å². The molecule has 3 aromatic carbocycles. The Hall–Kier alpha value is -4.86. The maximum Gasteiger partial charge on any atom is 0.250 e.